The molecule has 132 valence electrons. The van der Waals surface area contributed by atoms with Crippen molar-refractivity contribution < 1.29 is 9.53 Å². The molecule has 1 fully saturated rings. The van der Waals surface area contributed by atoms with Crippen LogP contribution in [0.5, 0.6) is 0 Å². The van der Waals surface area contributed by atoms with Crippen molar-refractivity contribution in [3.8, 4) is 0 Å². The van der Waals surface area contributed by atoms with E-state index in [4.69, 9.17) is 4.74 Å². The Morgan fingerprint density at radius 2 is 2.00 bits per heavy atom. The van der Waals surface area contributed by atoms with Gasteiger partial charge in [-0.1, -0.05) is 12.1 Å². The van der Waals surface area contributed by atoms with Gasteiger partial charge in [-0.2, -0.15) is 0 Å². The number of nitrogens with one attached hydrogen (secondary N) is 3. The van der Waals surface area contributed by atoms with Gasteiger partial charge in [0.1, 0.15) is 0 Å². The number of amides is 2. The number of nitrogens with zero attached hydrogens (tertiary/aromatic N) is 2. The lowest BCUT2D eigenvalue weighted by Gasteiger charge is -2.10. The smallest absolute Gasteiger partial charge is 0.319 e. The average Bonchev–Trinajstić information content (AvgIpc) is 3.44. The second-order valence-corrected chi connectivity index (χ2v) is 6.04. The van der Waals surface area contributed by atoms with E-state index in [0.717, 1.165) is 23.8 Å². The fourth-order valence-electron chi connectivity index (χ4n) is 2.28. The summed E-state index contributed by atoms with van der Waals surface area (Å²) >= 11 is 0. The maximum absolute atomic E-state index is 11.9. The van der Waals surface area contributed by atoms with Crippen molar-refractivity contribution in [1.82, 2.24) is 15.3 Å². The van der Waals surface area contributed by atoms with Gasteiger partial charge in [0.15, 0.2) is 0 Å². The van der Waals surface area contributed by atoms with Crippen LogP contribution in [0.3, 0.4) is 0 Å². The molecule has 0 spiro atoms. The lowest BCUT2D eigenvalue weighted by atomic mass is 10.2. The SMILES string of the molecule is O=C(NCCNc1ncccn1)Nc1cccc(COCC2CC2)c1. The van der Waals surface area contributed by atoms with E-state index < -0.39 is 0 Å². The van der Waals surface area contributed by atoms with Crippen LogP contribution in [0.4, 0.5) is 16.4 Å². The Kier molecular flexibility index (Phi) is 6.17. The molecule has 2 amide bonds. The lowest BCUT2D eigenvalue weighted by molar-refractivity contribution is 0.111. The normalized spacial score (nSPS) is 13.3. The first kappa shape index (κ1) is 17.2. The molecule has 1 aliphatic carbocycles. The van der Waals surface area contributed by atoms with Crippen molar-refractivity contribution in [2.75, 3.05) is 30.3 Å². The highest BCUT2D eigenvalue weighted by atomic mass is 16.5. The van der Waals surface area contributed by atoms with E-state index in [1.54, 1.807) is 18.5 Å². The van der Waals surface area contributed by atoms with Crippen LogP contribution in [-0.4, -0.2) is 35.7 Å². The first-order valence-electron chi connectivity index (χ1n) is 8.52. The molecule has 25 heavy (non-hydrogen) atoms. The van der Waals surface area contributed by atoms with Crippen molar-refractivity contribution in [3.63, 3.8) is 0 Å². The van der Waals surface area contributed by atoms with Crippen LogP contribution in [0.1, 0.15) is 18.4 Å². The molecule has 1 aromatic heterocycles. The molecule has 0 atom stereocenters. The molecule has 3 rings (SSSR count). The van der Waals surface area contributed by atoms with E-state index in [0.29, 0.717) is 25.6 Å². The van der Waals surface area contributed by atoms with E-state index in [1.165, 1.54) is 12.8 Å². The second kappa shape index (κ2) is 8.98. The Morgan fingerprint density at radius 1 is 1.16 bits per heavy atom. The van der Waals surface area contributed by atoms with Crippen molar-refractivity contribution in [2.24, 2.45) is 5.92 Å². The lowest BCUT2D eigenvalue weighted by Crippen LogP contribution is -2.32. The number of hydrogen-bond donors (Lipinski definition) is 3. The van der Waals surface area contributed by atoms with Gasteiger partial charge in [0.2, 0.25) is 5.95 Å². The minimum Gasteiger partial charge on any atom is -0.376 e. The molecule has 3 N–H and O–H groups in total. The summed E-state index contributed by atoms with van der Waals surface area (Å²) in [6, 6.07) is 9.22. The summed E-state index contributed by atoms with van der Waals surface area (Å²) in [4.78, 5) is 20.0. The Bertz CT molecular complexity index is 676. The summed E-state index contributed by atoms with van der Waals surface area (Å²) in [6.07, 6.45) is 5.90. The standard InChI is InChI=1S/C18H23N5O2/c24-18(22-10-9-21-17-19-7-2-8-20-17)23-16-4-1-3-15(11-16)13-25-12-14-5-6-14/h1-4,7-8,11,14H,5-6,9-10,12-13H2,(H,19,20,21)(H2,22,23,24). The van der Waals surface area contributed by atoms with Crippen molar-refractivity contribution in [3.05, 3.63) is 48.3 Å². The average molecular weight is 341 g/mol. The van der Waals surface area contributed by atoms with E-state index in [-0.39, 0.29) is 6.03 Å². The molecule has 0 aliphatic heterocycles. The van der Waals surface area contributed by atoms with Crippen LogP contribution in [0.25, 0.3) is 0 Å². The van der Waals surface area contributed by atoms with Gasteiger partial charge in [0, 0.05) is 37.8 Å². The molecule has 0 radical (unpaired) electrons. The predicted molar refractivity (Wildman–Crippen MR) is 96.4 cm³/mol. The number of ether oxygens (including phenoxy) is 1. The molecule has 1 aliphatic rings. The minimum atomic E-state index is -0.244. The minimum absolute atomic E-state index is 0.244. The third kappa shape index (κ3) is 6.39. The van der Waals surface area contributed by atoms with Crippen molar-refractivity contribution >= 4 is 17.7 Å². The van der Waals surface area contributed by atoms with Crippen LogP contribution in [0, 0.1) is 5.92 Å². The van der Waals surface area contributed by atoms with Gasteiger partial charge in [-0.25, -0.2) is 14.8 Å². The number of aromatic nitrogens is 2. The topological polar surface area (TPSA) is 88.2 Å². The fourth-order valence-corrected chi connectivity index (χ4v) is 2.28. The molecular weight excluding hydrogens is 318 g/mol. The molecular formula is C18H23N5O2. The maximum Gasteiger partial charge on any atom is 0.319 e. The summed E-state index contributed by atoms with van der Waals surface area (Å²) in [5.41, 5.74) is 1.81. The number of benzene rings is 1. The number of anilines is 2. The molecule has 7 nitrogen and oxygen atoms in total. The van der Waals surface area contributed by atoms with Crippen molar-refractivity contribution in [2.45, 2.75) is 19.4 Å². The first-order valence-corrected chi connectivity index (χ1v) is 8.52. The molecule has 0 saturated heterocycles. The Balaban J connectivity index is 1.35. The molecule has 7 heteroatoms. The molecule has 1 saturated carbocycles. The zero-order valence-corrected chi connectivity index (χ0v) is 14.1. The van der Waals surface area contributed by atoms with Gasteiger partial charge >= 0.3 is 6.03 Å². The number of carbonyl (C=O) groups is 1. The number of rotatable bonds is 9. The highest BCUT2D eigenvalue weighted by molar-refractivity contribution is 5.89. The summed E-state index contributed by atoms with van der Waals surface area (Å²) in [5, 5.41) is 8.64. The Labute approximate surface area is 147 Å². The molecule has 2 aromatic rings. The quantitative estimate of drug-likeness (QED) is 0.610. The van der Waals surface area contributed by atoms with Gasteiger partial charge < -0.3 is 20.7 Å². The zero-order valence-electron chi connectivity index (χ0n) is 14.1. The Morgan fingerprint density at radius 3 is 2.80 bits per heavy atom. The van der Waals surface area contributed by atoms with Gasteiger partial charge in [0.25, 0.3) is 0 Å². The molecule has 0 unspecified atom stereocenters. The highest BCUT2D eigenvalue weighted by Gasteiger charge is 2.20. The largest absolute Gasteiger partial charge is 0.376 e. The predicted octanol–water partition coefficient (Wildman–Crippen LogP) is 2.64. The zero-order chi connectivity index (χ0) is 17.3. The third-order valence-corrected chi connectivity index (χ3v) is 3.76. The van der Waals surface area contributed by atoms with Gasteiger partial charge in [-0.15, -0.1) is 0 Å². The van der Waals surface area contributed by atoms with E-state index in [9.17, 15) is 4.79 Å². The maximum atomic E-state index is 11.9. The number of carbonyl (C=O) groups excluding carboxylic acids is 1. The van der Waals surface area contributed by atoms with Gasteiger partial charge in [-0.05, 0) is 42.5 Å². The summed E-state index contributed by atoms with van der Waals surface area (Å²) in [7, 11) is 0. The van der Waals surface area contributed by atoms with Gasteiger partial charge in [0.05, 0.1) is 6.61 Å². The third-order valence-electron chi connectivity index (χ3n) is 3.76. The number of hydrogen-bond acceptors (Lipinski definition) is 5. The first-order chi connectivity index (χ1) is 12.3. The van der Waals surface area contributed by atoms with Crippen LogP contribution in [0.2, 0.25) is 0 Å². The van der Waals surface area contributed by atoms with E-state index >= 15 is 0 Å². The summed E-state index contributed by atoms with van der Waals surface area (Å²) in [6.45, 7) is 2.42. The van der Waals surface area contributed by atoms with Crippen LogP contribution in [-0.2, 0) is 11.3 Å². The monoisotopic (exact) mass is 341 g/mol. The van der Waals surface area contributed by atoms with E-state index in [1.807, 2.05) is 24.3 Å². The van der Waals surface area contributed by atoms with Crippen LogP contribution in [0.15, 0.2) is 42.7 Å². The van der Waals surface area contributed by atoms with E-state index in [2.05, 4.69) is 25.9 Å². The Hall–Kier alpha value is -2.67. The summed E-state index contributed by atoms with van der Waals surface area (Å²) in [5.74, 6) is 1.30. The second-order valence-electron chi connectivity index (χ2n) is 6.04. The fraction of sp³-hybridized carbons (Fsp3) is 0.389. The summed E-state index contributed by atoms with van der Waals surface area (Å²) < 4.78 is 5.68. The molecule has 0 bridgehead atoms. The van der Waals surface area contributed by atoms with Crippen LogP contribution < -0.4 is 16.0 Å². The molecule has 1 aromatic carbocycles. The number of urea groups is 1. The molecule has 1 heterocycles. The van der Waals surface area contributed by atoms with Crippen molar-refractivity contribution in [1.29, 1.82) is 0 Å². The highest BCUT2D eigenvalue weighted by Crippen LogP contribution is 2.29. The van der Waals surface area contributed by atoms with Crippen LogP contribution >= 0.6 is 0 Å². The van der Waals surface area contributed by atoms with Gasteiger partial charge in [-0.3, -0.25) is 0 Å².